The van der Waals surface area contributed by atoms with Crippen LogP contribution in [0.2, 0.25) is 0 Å². The van der Waals surface area contributed by atoms with Crippen molar-refractivity contribution >= 4 is 29.9 Å². The summed E-state index contributed by atoms with van der Waals surface area (Å²) >= 11 is 0. The molecule has 8 heteroatoms. The third-order valence-electron chi connectivity index (χ3n) is 6.54. The number of morpholine rings is 1. The zero-order chi connectivity index (χ0) is 22.1. The first-order valence-electron chi connectivity index (χ1n) is 11.8. The summed E-state index contributed by atoms with van der Waals surface area (Å²) in [5, 5.41) is 7.12. The second kappa shape index (κ2) is 14.3. The summed E-state index contributed by atoms with van der Waals surface area (Å²) in [5.74, 6) is 1.48. The standard InChI is InChI=1S/C24H42N6O.HI/c1-20(2)23(30-11-9-28(4)10-12-30)18-27-24(25-3)26-17-21-7-5-6-8-22(21)19-29-13-15-31-16-14-29;/h5-8,20,23H,9-19H2,1-4H3,(H2,25,26,27);1H. The molecular weight excluding hydrogens is 515 g/mol. The number of rotatable bonds is 8. The van der Waals surface area contributed by atoms with Gasteiger partial charge in [0.05, 0.1) is 13.2 Å². The molecule has 2 aliphatic rings. The van der Waals surface area contributed by atoms with Gasteiger partial charge in [0, 0.05) is 72.0 Å². The van der Waals surface area contributed by atoms with E-state index in [2.05, 4.69) is 75.5 Å². The molecule has 0 radical (unpaired) electrons. The van der Waals surface area contributed by atoms with Gasteiger partial charge in [0.2, 0.25) is 0 Å². The van der Waals surface area contributed by atoms with E-state index in [9.17, 15) is 0 Å². The van der Waals surface area contributed by atoms with Gasteiger partial charge in [-0.3, -0.25) is 14.8 Å². The SMILES string of the molecule is CN=C(NCc1ccccc1CN1CCOCC1)NCC(C(C)C)N1CCN(C)CC1.I. The number of guanidine groups is 1. The average Bonchev–Trinajstić information content (AvgIpc) is 2.78. The molecule has 0 aromatic heterocycles. The highest BCUT2D eigenvalue weighted by Gasteiger charge is 2.25. The molecule has 182 valence electrons. The summed E-state index contributed by atoms with van der Waals surface area (Å²) in [7, 11) is 4.07. The summed E-state index contributed by atoms with van der Waals surface area (Å²) < 4.78 is 5.49. The lowest BCUT2D eigenvalue weighted by molar-refractivity contribution is 0.0341. The number of ether oxygens (including phenoxy) is 1. The monoisotopic (exact) mass is 558 g/mol. The molecule has 3 rings (SSSR count). The Kier molecular flexibility index (Phi) is 12.2. The van der Waals surface area contributed by atoms with Crippen LogP contribution in [0, 0.1) is 5.92 Å². The minimum Gasteiger partial charge on any atom is -0.379 e. The number of hydrogen-bond acceptors (Lipinski definition) is 5. The lowest BCUT2D eigenvalue weighted by Gasteiger charge is -2.40. The Morgan fingerprint density at radius 1 is 1.00 bits per heavy atom. The van der Waals surface area contributed by atoms with Crippen LogP contribution in [0.15, 0.2) is 29.3 Å². The second-order valence-electron chi connectivity index (χ2n) is 9.11. The minimum atomic E-state index is 0. The van der Waals surface area contributed by atoms with Crippen LogP contribution in [0.4, 0.5) is 0 Å². The van der Waals surface area contributed by atoms with Gasteiger partial charge in [-0.05, 0) is 24.1 Å². The third kappa shape index (κ3) is 8.44. The quantitative estimate of drug-likeness (QED) is 0.290. The number of hydrogen-bond donors (Lipinski definition) is 2. The molecular formula is C24H43IN6O. The van der Waals surface area contributed by atoms with Crippen molar-refractivity contribution in [2.45, 2.75) is 33.0 Å². The van der Waals surface area contributed by atoms with Crippen LogP contribution in [-0.4, -0.2) is 99.8 Å². The van der Waals surface area contributed by atoms with Gasteiger partial charge in [0.15, 0.2) is 5.96 Å². The Morgan fingerprint density at radius 2 is 1.66 bits per heavy atom. The first-order chi connectivity index (χ1) is 15.1. The molecule has 2 N–H and O–H groups in total. The maximum Gasteiger partial charge on any atom is 0.191 e. The third-order valence-corrected chi connectivity index (χ3v) is 6.54. The van der Waals surface area contributed by atoms with Gasteiger partial charge < -0.3 is 20.3 Å². The highest BCUT2D eigenvalue weighted by atomic mass is 127. The van der Waals surface area contributed by atoms with E-state index in [1.165, 1.54) is 11.1 Å². The molecule has 2 saturated heterocycles. The van der Waals surface area contributed by atoms with E-state index in [4.69, 9.17) is 4.74 Å². The van der Waals surface area contributed by atoms with Gasteiger partial charge in [-0.15, -0.1) is 24.0 Å². The maximum atomic E-state index is 5.49. The number of aliphatic imine (C=N–C) groups is 1. The normalized spacial score (nSPS) is 20.1. The summed E-state index contributed by atoms with van der Waals surface area (Å²) in [5.41, 5.74) is 2.71. The Hall–Kier alpha value is -0.940. The maximum absolute atomic E-state index is 5.49. The molecule has 0 aliphatic carbocycles. The van der Waals surface area contributed by atoms with E-state index < -0.39 is 0 Å². The zero-order valence-electron chi connectivity index (χ0n) is 20.3. The van der Waals surface area contributed by atoms with Crippen molar-refractivity contribution in [3.63, 3.8) is 0 Å². The highest BCUT2D eigenvalue weighted by molar-refractivity contribution is 14.0. The molecule has 0 bridgehead atoms. The van der Waals surface area contributed by atoms with Crippen molar-refractivity contribution in [1.29, 1.82) is 0 Å². The van der Waals surface area contributed by atoms with Gasteiger partial charge in [0.1, 0.15) is 0 Å². The number of nitrogens with one attached hydrogen (secondary N) is 2. The van der Waals surface area contributed by atoms with E-state index in [0.29, 0.717) is 12.0 Å². The molecule has 2 heterocycles. The summed E-state index contributed by atoms with van der Waals surface area (Å²) in [6, 6.07) is 9.23. The van der Waals surface area contributed by atoms with Crippen LogP contribution >= 0.6 is 24.0 Å². The van der Waals surface area contributed by atoms with Crippen LogP contribution in [-0.2, 0) is 17.8 Å². The van der Waals surface area contributed by atoms with Gasteiger partial charge in [-0.1, -0.05) is 38.1 Å². The molecule has 1 aromatic rings. The van der Waals surface area contributed by atoms with Crippen molar-refractivity contribution in [3.05, 3.63) is 35.4 Å². The molecule has 2 fully saturated rings. The summed E-state index contributed by atoms with van der Waals surface area (Å²) in [6.45, 7) is 15.6. The molecule has 32 heavy (non-hydrogen) atoms. The van der Waals surface area contributed by atoms with Crippen LogP contribution in [0.25, 0.3) is 0 Å². The van der Waals surface area contributed by atoms with Crippen molar-refractivity contribution in [2.75, 3.05) is 73.1 Å². The number of halogens is 1. The molecule has 0 amide bonds. The first-order valence-corrected chi connectivity index (χ1v) is 11.8. The van der Waals surface area contributed by atoms with E-state index in [0.717, 1.165) is 78.1 Å². The molecule has 7 nitrogen and oxygen atoms in total. The van der Waals surface area contributed by atoms with E-state index in [1.54, 1.807) is 0 Å². The number of piperazine rings is 1. The van der Waals surface area contributed by atoms with Crippen LogP contribution in [0.5, 0.6) is 0 Å². The van der Waals surface area contributed by atoms with Crippen LogP contribution in [0.3, 0.4) is 0 Å². The molecule has 1 aromatic carbocycles. The average molecular weight is 559 g/mol. The number of nitrogens with zero attached hydrogens (tertiary/aromatic N) is 4. The lowest BCUT2D eigenvalue weighted by Crippen LogP contribution is -2.55. The molecule has 0 saturated carbocycles. The Labute approximate surface area is 212 Å². The predicted molar refractivity (Wildman–Crippen MR) is 144 cm³/mol. The smallest absolute Gasteiger partial charge is 0.191 e. The second-order valence-corrected chi connectivity index (χ2v) is 9.11. The zero-order valence-corrected chi connectivity index (χ0v) is 22.7. The van der Waals surface area contributed by atoms with Crippen molar-refractivity contribution < 1.29 is 4.74 Å². The fourth-order valence-electron chi connectivity index (χ4n) is 4.43. The Balaban J connectivity index is 0.00000363. The van der Waals surface area contributed by atoms with Crippen molar-refractivity contribution in [3.8, 4) is 0 Å². The fourth-order valence-corrected chi connectivity index (χ4v) is 4.43. The first kappa shape index (κ1) is 27.3. The van der Waals surface area contributed by atoms with Crippen LogP contribution in [0.1, 0.15) is 25.0 Å². The lowest BCUT2D eigenvalue weighted by atomic mass is 10.0. The topological polar surface area (TPSA) is 55.4 Å². The van der Waals surface area contributed by atoms with Gasteiger partial charge in [0.25, 0.3) is 0 Å². The van der Waals surface area contributed by atoms with E-state index in [1.807, 2.05) is 7.05 Å². The molecule has 0 spiro atoms. The van der Waals surface area contributed by atoms with Gasteiger partial charge in [-0.25, -0.2) is 0 Å². The van der Waals surface area contributed by atoms with Gasteiger partial charge >= 0.3 is 0 Å². The van der Waals surface area contributed by atoms with Crippen molar-refractivity contribution in [1.82, 2.24) is 25.3 Å². The molecule has 1 atom stereocenters. The fraction of sp³-hybridized carbons (Fsp3) is 0.708. The van der Waals surface area contributed by atoms with Crippen LogP contribution < -0.4 is 10.6 Å². The largest absolute Gasteiger partial charge is 0.379 e. The number of benzene rings is 1. The Morgan fingerprint density at radius 3 is 2.28 bits per heavy atom. The molecule has 1 unspecified atom stereocenters. The summed E-state index contributed by atoms with van der Waals surface area (Å²) in [4.78, 5) is 12.0. The minimum absolute atomic E-state index is 0. The predicted octanol–water partition coefficient (Wildman–Crippen LogP) is 2.07. The van der Waals surface area contributed by atoms with Crippen molar-refractivity contribution in [2.24, 2.45) is 10.9 Å². The Bertz CT molecular complexity index is 687. The molecule has 2 aliphatic heterocycles. The van der Waals surface area contributed by atoms with Gasteiger partial charge in [-0.2, -0.15) is 0 Å². The van der Waals surface area contributed by atoms with E-state index >= 15 is 0 Å². The highest BCUT2D eigenvalue weighted by Crippen LogP contribution is 2.14. The number of likely N-dealkylation sites (N-methyl/N-ethyl adjacent to an activating group) is 1. The summed E-state index contributed by atoms with van der Waals surface area (Å²) in [6.07, 6.45) is 0. The van der Waals surface area contributed by atoms with E-state index in [-0.39, 0.29) is 24.0 Å².